The number of amides is 1. The Bertz CT molecular complexity index is 1820. The number of hydrogen-bond donors (Lipinski definition) is 0. The molecule has 0 bridgehead atoms. The number of methoxy groups -OCH3 is 4. The highest BCUT2D eigenvalue weighted by Gasteiger charge is 2.32. The molecule has 0 unspecified atom stereocenters. The summed E-state index contributed by atoms with van der Waals surface area (Å²) in [6, 6.07) is 9.68. The van der Waals surface area contributed by atoms with Crippen LogP contribution in [0.3, 0.4) is 0 Å². The molecule has 3 aromatic heterocycles. The average molecular weight is 718 g/mol. The molecule has 0 spiro atoms. The van der Waals surface area contributed by atoms with E-state index in [-0.39, 0.29) is 12.5 Å². The minimum absolute atomic E-state index is 0.0163. The van der Waals surface area contributed by atoms with Crippen molar-refractivity contribution in [1.29, 1.82) is 5.26 Å². The van der Waals surface area contributed by atoms with Gasteiger partial charge in [0, 0.05) is 88.3 Å². The Hall–Kier alpha value is -5.22. The lowest BCUT2D eigenvalue weighted by Crippen LogP contribution is -2.51. The number of nitriles is 1. The number of rotatable bonds is 19. The number of anilines is 5. The Morgan fingerprint density at radius 2 is 1.46 bits per heavy atom. The Balaban J connectivity index is 1.70. The number of aryl methyl sites for hydroxylation is 1. The van der Waals surface area contributed by atoms with Crippen LogP contribution in [0.4, 0.5) is 29.5 Å². The molecule has 1 aliphatic heterocycles. The molecule has 52 heavy (non-hydrogen) atoms. The van der Waals surface area contributed by atoms with Gasteiger partial charge in [0.05, 0.1) is 44.6 Å². The zero-order chi connectivity index (χ0) is 37.0. The molecule has 1 amide bonds. The minimum Gasteiger partial charge on any atom is -0.383 e. The second-order valence-corrected chi connectivity index (χ2v) is 12.2. The molecule has 18 nitrogen and oxygen atoms in total. The molecule has 5 rings (SSSR count). The first-order valence-electron chi connectivity index (χ1n) is 17.0. The van der Waals surface area contributed by atoms with Crippen molar-refractivity contribution in [3.8, 4) is 6.07 Å². The van der Waals surface area contributed by atoms with Gasteiger partial charge in [0.15, 0.2) is 11.6 Å². The largest absolute Gasteiger partial charge is 0.383 e. The van der Waals surface area contributed by atoms with Crippen molar-refractivity contribution in [1.82, 2.24) is 34.7 Å². The molecular formula is C34H47N13O5. The van der Waals surface area contributed by atoms with Crippen LogP contribution in [0, 0.1) is 11.3 Å². The van der Waals surface area contributed by atoms with E-state index in [1.54, 1.807) is 57.5 Å². The summed E-state index contributed by atoms with van der Waals surface area (Å²) < 4.78 is 23.3. The first kappa shape index (κ1) is 38.0. The van der Waals surface area contributed by atoms with Crippen LogP contribution in [0.5, 0.6) is 0 Å². The topological polar surface area (TPSA) is 176 Å². The summed E-state index contributed by atoms with van der Waals surface area (Å²) in [6.45, 7) is 4.96. The number of nitrogens with zero attached hydrogens (tertiary/aromatic N) is 13. The van der Waals surface area contributed by atoms with Crippen molar-refractivity contribution in [3.63, 3.8) is 0 Å². The van der Waals surface area contributed by atoms with Crippen LogP contribution in [0.25, 0.3) is 11.0 Å². The number of aromatic nitrogens is 7. The van der Waals surface area contributed by atoms with Gasteiger partial charge in [-0.2, -0.15) is 15.2 Å². The third-order valence-electron chi connectivity index (χ3n) is 8.50. The van der Waals surface area contributed by atoms with Gasteiger partial charge in [0.25, 0.3) is 5.95 Å². The van der Waals surface area contributed by atoms with Crippen LogP contribution in [-0.2, 0) is 37.3 Å². The Labute approximate surface area is 303 Å². The number of piperazine rings is 1. The number of benzene rings is 1. The molecule has 278 valence electrons. The fourth-order valence-corrected chi connectivity index (χ4v) is 5.77. The van der Waals surface area contributed by atoms with E-state index in [9.17, 15) is 10.1 Å². The van der Waals surface area contributed by atoms with E-state index in [4.69, 9.17) is 38.9 Å². The molecule has 1 fully saturated rings. The zero-order valence-corrected chi connectivity index (χ0v) is 30.7. The van der Waals surface area contributed by atoms with Crippen LogP contribution in [0.1, 0.15) is 11.1 Å². The van der Waals surface area contributed by atoms with Gasteiger partial charge in [-0.1, -0.05) is 12.1 Å². The molecule has 0 N–H and O–H groups in total. The van der Waals surface area contributed by atoms with Gasteiger partial charge in [0.2, 0.25) is 17.8 Å². The summed E-state index contributed by atoms with van der Waals surface area (Å²) in [5.41, 5.74) is 2.47. The lowest BCUT2D eigenvalue weighted by atomic mass is 10.1. The smallest absolute Gasteiger partial charge is 0.251 e. The third-order valence-corrected chi connectivity index (χ3v) is 8.50. The van der Waals surface area contributed by atoms with Gasteiger partial charge in [-0.25, -0.2) is 15.0 Å². The molecule has 0 aliphatic carbocycles. The van der Waals surface area contributed by atoms with Crippen molar-refractivity contribution in [2.75, 3.05) is 132 Å². The average Bonchev–Trinajstić information content (AvgIpc) is 3.59. The molecule has 1 aliphatic rings. The van der Waals surface area contributed by atoms with E-state index >= 15 is 0 Å². The molecular weight excluding hydrogens is 670 g/mol. The van der Waals surface area contributed by atoms with E-state index in [2.05, 4.69) is 16.2 Å². The lowest BCUT2D eigenvalue weighted by Gasteiger charge is -2.34. The fourth-order valence-electron chi connectivity index (χ4n) is 5.77. The predicted molar refractivity (Wildman–Crippen MR) is 196 cm³/mol. The molecule has 18 heteroatoms. The van der Waals surface area contributed by atoms with Gasteiger partial charge in [-0.05, 0) is 17.7 Å². The normalized spacial score (nSPS) is 13.1. The van der Waals surface area contributed by atoms with Crippen molar-refractivity contribution in [2.24, 2.45) is 7.05 Å². The number of fused-ring (bicyclic) bond motifs is 1. The second-order valence-electron chi connectivity index (χ2n) is 12.2. The molecule has 4 heterocycles. The Kier molecular flexibility index (Phi) is 13.4. The second kappa shape index (κ2) is 18.3. The SMILES string of the molecule is COCCN(CCOC)c1nc(N2CCN(c3ncn(C)n3)C(=O)C2)c2nc(N(CCOC)CCOC)nc(N(C)Cc3cccc(C#N)c3)c2n1. The maximum absolute atomic E-state index is 13.7. The predicted octanol–water partition coefficient (Wildman–Crippen LogP) is 1.11. The molecule has 0 saturated carbocycles. The van der Waals surface area contributed by atoms with E-state index < -0.39 is 0 Å². The summed E-state index contributed by atoms with van der Waals surface area (Å²) in [4.78, 5) is 47.9. The Morgan fingerprint density at radius 1 is 0.846 bits per heavy atom. The number of hydrogen-bond acceptors (Lipinski definition) is 16. The van der Waals surface area contributed by atoms with Gasteiger partial charge >= 0.3 is 0 Å². The van der Waals surface area contributed by atoms with E-state index in [0.29, 0.717) is 118 Å². The fraction of sp³-hybridized carbons (Fsp3) is 0.529. The summed E-state index contributed by atoms with van der Waals surface area (Å²) in [6.07, 6.45) is 1.57. The number of carbonyl (C=O) groups is 1. The van der Waals surface area contributed by atoms with Gasteiger partial charge in [-0.3, -0.25) is 14.4 Å². The molecule has 1 aromatic carbocycles. The highest BCUT2D eigenvalue weighted by atomic mass is 16.5. The maximum Gasteiger partial charge on any atom is 0.251 e. The standard InChI is InChI=1S/C34H47N13O5/c1-42(22-26-9-7-8-25(20-26)21-35)30-28-29(38-33(39-30)44(12-16-49-3)13-17-50-4)31(40-34(37-28)45(14-18-51-5)15-19-52-6)46-10-11-47(27(48)23-46)32-36-24-43(2)41-32/h7-9,20,24H,10-19,22-23H2,1-6H3. The monoisotopic (exact) mass is 717 g/mol. The van der Waals surface area contributed by atoms with Crippen LogP contribution in [0.15, 0.2) is 30.6 Å². The molecule has 1 saturated heterocycles. The van der Waals surface area contributed by atoms with Crippen molar-refractivity contribution < 1.29 is 23.7 Å². The van der Waals surface area contributed by atoms with Crippen LogP contribution < -0.4 is 24.5 Å². The van der Waals surface area contributed by atoms with Crippen LogP contribution >= 0.6 is 0 Å². The van der Waals surface area contributed by atoms with Gasteiger partial charge < -0.3 is 38.5 Å². The minimum atomic E-state index is -0.174. The molecule has 0 atom stereocenters. The van der Waals surface area contributed by atoms with E-state index in [1.807, 2.05) is 44.8 Å². The number of carbonyl (C=O) groups excluding carboxylic acids is 1. The first-order chi connectivity index (χ1) is 25.3. The first-order valence-corrected chi connectivity index (χ1v) is 17.0. The van der Waals surface area contributed by atoms with Crippen LogP contribution in [-0.4, -0.2) is 148 Å². The summed E-state index contributed by atoms with van der Waals surface area (Å²) >= 11 is 0. The highest BCUT2D eigenvalue weighted by Crippen LogP contribution is 2.34. The summed E-state index contributed by atoms with van der Waals surface area (Å²) in [7, 11) is 10.3. The van der Waals surface area contributed by atoms with Gasteiger partial charge in [0.1, 0.15) is 17.4 Å². The zero-order valence-electron chi connectivity index (χ0n) is 30.7. The molecule has 4 aromatic rings. The highest BCUT2D eigenvalue weighted by molar-refractivity contribution is 6.00. The van der Waals surface area contributed by atoms with Crippen molar-refractivity contribution in [2.45, 2.75) is 6.54 Å². The van der Waals surface area contributed by atoms with E-state index in [1.165, 1.54) is 0 Å². The summed E-state index contributed by atoms with van der Waals surface area (Å²) in [5.74, 6) is 2.08. The third kappa shape index (κ3) is 9.16. The van der Waals surface area contributed by atoms with Crippen LogP contribution in [0.2, 0.25) is 0 Å². The lowest BCUT2D eigenvalue weighted by molar-refractivity contribution is -0.118. The van der Waals surface area contributed by atoms with E-state index in [0.717, 1.165) is 5.56 Å². The molecule has 0 radical (unpaired) electrons. The maximum atomic E-state index is 13.7. The quantitative estimate of drug-likeness (QED) is 0.135. The number of ether oxygens (including phenoxy) is 4. The van der Waals surface area contributed by atoms with Crippen molar-refractivity contribution in [3.05, 3.63) is 41.7 Å². The Morgan fingerprint density at radius 3 is 2.02 bits per heavy atom. The van der Waals surface area contributed by atoms with Crippen molar-refractivity contribution >= 4 is 46.4 Å². The van der Waals surface area contributed by atoms with Gasteiger partial charge in [-0.15, -0.1) is 5.10 Å². The summed E-state index contributed by atoms with van der Waals surface area (Å²) in [5, 5.41) is 13.9.